The second-order valence-electron chi connectivity index (χ2n) is 3.62. The molecule has 0 amide bonds. The second kappa shape index (κ2) is 6.81. The minimum absolute atomic E-state index is 0.124. The Hall–Kier alpha value is -0.670. The fourth-order valence-electron chi connectivity index (χ4n) is 1.44. The fourth-order valence-corrected chi connectivity index (χ4v) is 1.80. The molecule has 0 spiro atoms. The fraction of sp³-hybridized carbons (Fsp3) is 0.455. The monoisotopic (exact) mass is 244 g/mol. The minimum atomic E-state index is -4.27. The lowest BCUT2D eigenvalue weighted by atomic mass is 10.1. The number of unbranched alkanes of at least 4 members (excludes halogenated alkanes) is 2. The molecule has 0 aliphatic rings. The first-order valence-corrected chi connectivity index (χ1v) is 6.85. The van der Waals surface area contributed by atoms with Crippen LogP contribution in [-0.2, 0) is 15.5 Å². The van der Waals surface area contributed by atoms with Crippen molar-refractivity contribution in [2.24, 2.45) is 0 Å². The van der Waals surface area contributed by atoms with Gasteiger partial charge in [-0.05, 0) is 24.8 Å². The zero-order valence-electron chi connectivity index (χ0n) is 9.08. The lowest BCUT2D eigenvalue weighted by Crippen LogP contribution is -1.93. The van der Waals surface area contributed by atoms with Crippen LogP contribution in [0, 0.1) is 0 Å². The van der Waals surface area contributed by atoms with E-state index in [-0.39, 0.29) is 6.61 Å². The molecule has 0 saturated carbocycles. The first-order valence-electron chi connectivity index (χ1n) is 5.32. The Morgan fingerprint density at radius 3 is 2.38 bits per heavy atom. The summed E-state index contributed by atoms with van der Waals surface area (Å²) in [5, 5.41) is 0. The van der Waals surface area contributed by atoms with Crippen LogP contribution in [0.25, 0.3) is 0 Å². The Bertz CT molecular complexity index is 333. The summed E-state index contributed by atoms with van der Waals surface area (Å²) in [4.78, 5) is 16.9. The molecule has 0 bridgehead atoms. The molecule has 0 aromatic heterocycles. The van der Waals surface area contributed by atoms with Crippen LogP contribution in [0.5, 0.6) is 0 Å². The number of rotatable bonds is 7. The predicted molar refractivity (Wildman–Crippen MR) is 62.0 cm³/mol. The Labute approximate surface area is 95.5 Å². The molecule has 90 valence electrons. The van der Waals surface area contributed by atoms with Crippen LogP contribution < -0.4 is 0 Å². The summed E-state index contributed by atoms with van der Waals surface area (Å²) in [6.45, 7) is 0.124. The van der Waals surface area contributed by atoms with E-state index in [1.54, 1.807) is 0 Å². The van der Waals surface area contributed by atoms with Crippen LogP contribution in [0.3, 0.4) is 0 Å². The summed E-state index contributed by atoms with van der Waals surface area (Å²) in [6.07, 6.45) is 3.60. The van der Waals surface area contributed by atoms with Crippen molar-refractivity contribution in [1.29, 1.82) is 0 Å². The maximum atomic E-state index is 10.4. The molecule has 1 aromatic rings. The molecular formula is C11H17O4P. The number of phosphoric acid groups is 1. The summed E-state index contributed by atoms with van der Waals surface area (Å²) in [5.74, 6) is 0. The summed E-state index contributed by atoms with van der Waals surface area (Å²) < 4.78 is 14.7. The Balaban J connectivity index is 2.03. The average molecular weight is 244 g/mol. The molecule has 0 fully saturated rings. The van der Waals surface area contributed by atoms with Gasteiger partial charge in [0.1, 0.15) is 0 Å². The van der Waals surface area contributed by atoms with E-state index in [1.165, 1.54) is 5.56 Å². The van der Waals surface area contributed by atoms with Crippen molar-refractivity contribution in [3.8, 4) is 0 Å². The molecule has 4 nitrogen and oxygen atoms in total. The Morgan fingerprint density at radius 2 is 1.75 bits per heavy atom. The van der Waals surface area contributed by atoms with E-state index in [0.717, 1.165) is 19.3 Å². The molecule has 0 aliphatic heterocycles. The second-order valence-corrected chi connectivity index (χ2v) is 4.86. The minimum Gasteiger partial charge on any atom is -0.303 e. The number of benzene rings is 1. The molecule has 0 aliphatic carbocycles. The summed E-state index contributed by atoms with van der Waals surface area (Å²) >= 11 is 0. The highest BCUT2D eigenvalue weighted by Gasteiger charge is 2.12. The molecule has 1 aromatic carbocycles. The van der Waals surface area contributed by atoms with Crippen molar-refractivity contribution < 1.29 is 18.9 Å². The molecule has 5 heteroatoms. The average Bonchev–Trinajstić information content (AvgIpc) is 2.23. The molecular weight excluding hydrogens is 227 g/mol. The molecule has 2 N–H and O–H groups in total. The third-order valence-corrected chi connectivity index (χ3v) is 2.73. The molecule has 0 unspecified atom stereocenters. The maximum absolute atomic E-state index is 10.4. The van der Waals surface area contributed by atoms with Crippen molar-refractivity contribution >= 4 is 7.82 Å². The quantitative estimate of drug-likeness (QED) is 0.571. The van der Waals surface area contributed by atoms with Gasteiger partial charge in [0.15, 0.2) is 0 Å². The molecule has 0 radical (unpaired) electrons. The van der Waals surface area contributed by atoms with E-state index < -0.39 is 7.82 Å². The van der Waals surface area contributed by atoms with E-state index in [2.05, 4.69) is 16.7 Å². The van der Waals surface area contributed by atoms with Crippen molar-refractivity contribution in [1.82, 2.24) is 0 Å². The van der Waals surface area contributed by atoms with Gasteiger partial charge >= 0.3 is 7.82 Å². The van der Waals surface area contributed by atoms with E-state index in [1.807, 2.05) is 18.2 Å². The third kappa shape index (κ3) is 6.75. The first kappa shape index (κ1) is 13.4. The largest absolute Gasteiger partial charge is 0.469 e. The zero-order chi connectivity index (χ0) is 11.9. The number of hydrogen-bond donors (Lipinski definition) is 2. The van der Waals surface area contributed by atoms with Crippen molar-refractivity contribution in [2.45, 2.75) is 25.7 Å². The Morgan fingerprint density at radius 1 is 1.06 bits per heavy atom. The van der Waals surface area contributed by atoms with Crippen molar-refractivity contribution in [3.05, 3.63) is 35.9 Å². The highest BCUT2D eigenvalue weighted by molar-refractivity contribution is 7.46. The van der Waals surface area contributed by atoms with Gasteiger partial charge in [-0.25, -0.2) is 4.57 Å². The van der Waals surface area contributed by atoms with Crippen LogP contribution in [0.4, 0.5) is 0 Å². The van der Waals surface area contributed by atoms with E-state index in [0.29, 0.717) is 6.42 Å². The SMILES string of the molecule is O=P(O)(O)OCCCCCc1ccccc1. The van der Waals surface area contributed by atoms with Gasteiger partial charge in [-0.15, -0.1) is 0 Å². The normalized spacial score (nSPS) is 11.6. The van der Waals surface area contributed by atoms with Gasteiger partial charge in [-0.2, -0.15) is 0 Å². The van der Waals surface area contributed by atoms with E-state index in [9.17, 15) is 4.57 Å². The van der Waals surface area contributed by atoms with Gasteiger partial charge in [0, 0.05) is 0 Å². The highest BCUT2D eigenvalue weighted by atomic mass is 31.2. The summed E-state index contributed by atoms with van der Waals surface area (Å²) in [6, 6.07) is 10.1. The number of hydrogen-bond acceptors (Lipinski definition) is 2. The molecule has 0 atom stereocenters. The van der Waals surface area contributed by atoms with Gasteiger partial charge in [0.25, 0.3) is 0 Å². The van der Waals surface area contributed by atoms with Crippen molar-refractivity contribution in [3.63, 3.8) is 0 Å². The van der Waals surface area contributed by atoms with Crippen LogP contribution in [-0.4, -0.2) is 16.4 Å². The van der Waals surface area contributed by atoms with Gasteiger partial charge in [0.05, 0.1) is 6.61 Å². The molecule has 0 heterocycles. The summed E-state index contributed by atoms with van der Waals surface area (Å²) in [7, 11) is -4.27. The van der Waals surface area contributed by atoms with Crippen LogP contribution in [0.2, 0.25) is 0 Å². The number of aryl methyl sites for hydroxylation is 1. The third-order valence-electron chi connectivity index (χ3n) is 2.21. The number of phosphoric ester groups is 1. The van der Waals surface area contributed by atoms with Gasteiger partial charge in [-0.3, -0.25) is 4.52 Å². The van der Waals surface area contributed by atoms with Gasteiger partial charge in [0.2, 0.25) is 0 Å². The molecule has 16 heavy (non-hydrogen) atoms. The van der Waals surface area contributed by atoms with Gasteiger partial charge in [-0.1, -0.05) is 36.8 Å². The zero-order valence-corrected chi connectivity index (χ0v) is 9.97. The Kier molecular flexibility index (Phi) is 5.71. The van der Waals surface area contributed by atoms with E-state index >= 15 is 0 Å². The lowest BCUT2D eigenvalue weighted by Gasteiger charge is -2.04. The molecule has 1 rings (SSSR count). The standard InChI is InChI=1S/C11H17O4P/c12-16(13,14)15-10-6-2-5-9-11-7-3-1-4-8-11/h1,3-4,7-8H,2,5-6,9-10H2,(H2,12,13,14). The maximum Gasteiger partial charge on any atom is 0.469 e. The summed E-state index contributed by atoms with van der Waals surface area (Å²) in [5.41, 5.74) is 1.29. The van der Waals surface area contributed by atoms with Crippen LogP contribution >= 0.6 is 7.82 Å². The van der Waals surface area contributed by atoms with E-state index in [4.69, 9.17) is 9.79 Å². The smallest absolute Gasteiger partial charge is 0.303 e. The predicted octanol–water partition coefficient (Wildman–Crippen LogP) is 2.51. The highest BCUT2D eigenvalue weighted by Crippen LogP contribution is 2.35. The first-order chi connectivity index (χ1) is 7.58. The van der Waals surface area contributed by atoms with Gasteiger partial charge < -0.3 is 9.79 Å². The van der Waals surface area contributed by atoms with Crippen LogP contribution in [0.1, 0.15) is 24.8 Å². The van der Waals surface area contributed by atoms with Crippen LogP contribution in [0.15, 0.2) is 30.3 Å². The van der Waals surface area contributed by atoms with Crippen molar-refractivity contribution in [2.75, 3.05) is 6.61 Å². The molecule has 0 saturated heterocycles. The topological polar surface area (TPSA) is 66.8 Å². The lowest BCUT2D eigenvalue weighted by molar-refractivity contribution is 0.193.